The number of pyridine rings is 1. The molecule has 1 unspecified atom stereocenters. The van der Waals surface area contributed by atoms with Crippen molar-refractivity contribution in [1.29, 1.82) is 0 Å². The molecule has 2 heterocycles. The van der Waals surface area contributed by atoms with Gasteiger partial charge in [0.2, 0.25) is 0 Å². The molecule has 0 aliphatic carbocycles. The minimum absolute atomic E-state index is 0.592. The van der Waals surface area contributed by atoms with Crippen LogP contribution in [0.1, 0.15) is 25.3 Å². The zero-order chi connectivity index (χ0) is 13.0. The molecular formula is C14H24N4. The van der Waals surface area contributed by atoms with Gasteiger partial charge in [-0.2, -0.15) is 0 Å². The number of nitrogens with zero attached hydrogens (tertiary/aromatic N) is 3. The summed E-state index contributed by atoms with van der Waals surface area (Å²) in [5, 5.41) is 0. The van der Waals surface area contributed by atoms with Gasteiger partial charge >= 0.3 is 0 Å². The Balaban J connectivity index is 1.84. The van der Waals surface area contributed by atoms with Gasteiger partial charge in [0.25, 0.3) is 0 Å². The molecule has 1 aliphatic heterocycles. The minimum atomic E-state index is 0.592. The molecule has 0 spiro atoms. The Bertz CT molecular complexity index is 363. The topological polar surface area (TPSA) is 45.4 Å². The first-order valence-electron chi connectivity index (χ1n) is 6.82. The van der Waals surface area contributed by atoms with E-state index < -0.39 is 0 Å². The minimum Gasteiger partial charge on any atom is -0.384 e. The number of anilines is 1. The van der Waals surface area contributed by atoms with Crippen molar-refractivity contribution in [2.24, 2.45) is 0 Å². The predicted molar refractivity (Wildman–Crippen MR) is 75.3 cm³/mol. The van der Waals surface area contributed by atoms with Gasteiger partial charge in [-0.25, -0.2) is 4.98 Å². The molecule has 2 N–H and O–H groups in total. The highest BCUT2D eigenvalue weighted by molar-refractivity contribution is 5.29. The summed E-state index contributed by atoms with van der Waals surface area (Å²) in [6.07, 6.45) is 4.55. The van der Waals surface area contributed by atoms with Crippen molar-refractivity contribution in [2.45, 2.75) is 32.4 Å². The Morgan fingerprint density at radius 1 is 1.50 bits per heavy atom. The molecule has 18 heavy (non-hydrogen) atoms. The maximum absolute atomic E-state index is 5.59. The van der Waals surface area contributed by atoms with E-state index in [0.29, 0.717) is 5.82 Å². The lowest BCUT2D eigenvalue weighted by molar-refractivity contribution is 0.194. The van der Waals surface area contributed by atoms with Crippen LogP contribution in [0.4, 0.5) is 5.82 Å². The van der Waals surface area contributed by atoms with Crippen molar-refractivity contribution in [3.8, 4) is 0 Å². The first-order chi connectivity index (χ1) is 8.69. The van der Waals surface area contributed by atoms with E-state index in [9.17, 15) is 0 Å². The Morgan fingerprint density at radius 2 is 2.33 bits per heavy atom. The maximum atomic E-state index is 5.59. The Morgan fingerprint density at radius 3 is 3.00 bits per heavy atom. The second kappa shape index (κ2) is 6.16. The van der Waals surface area contributed by atoms with Gasteiger partial charge in [-0.3, -0.25) is 4.90 Å². The number of nitrogen functional groups attached to an aromatic ring is 1. The fraction of sp³-hybridized carbons (Fsp3) is 0.643. The van der Waals surface area contributed by atoms with Crippen LogP contribution >= 0.6 is 0 Å². The zero-order valence-electron chi connectivity index (χ0n) is 11.5. The van der Waals surface area contributed by atoms with Gasteiger partial charge in [0, 0.05) is 25.3 Å². The molecule has 4 heteroatoms. The van der Waals surface area contributed by atoms with E-state index in [4.69, 9.17) is 5.73 Å². The van der Waals surface area contributed by atoms with E-state index in [1.54, 1.807) is 0 Å². The quantitative estimate of drug-likeness (QED) is 0.859. The largest absolute Gasteiger partial charge is 0.384 e. The summed E-state index contributed by atoms with van der Waals surface area (Å²) >= 11 is 0. The lowest BCUT2D eigenvalue weighted by Crippen LogP contribution is -2.38. The highest BCUT2D eigenvalue weighted by Crippen LogP contribution is 2.17. The molecule has 4 nitrogen and oxygen atoms in total. The van der Waals surface area contributed by atoms with Crippen LogP contribution in [0.2, 0.25) is 0 Å². The molecule has 0 saturated carbocycles. The van der Waals surface area contributed by atoms with E-state index in [1.165, 1.54) is 31.5 Å². The summed E-state index contributed by atoms with van der Waals surface area (Å²) in [6, 6.07) is 4.66. The molecular weight excluding hydrogens is 224 g/mol. The van der Waals surface area contributed by atoms with Crippen LogP contribution in [0.25, 0.3) is 0 Å². The zero-order valence-corrected chi connectivity index (χ0v) is 11.5. The van der Waals surface area contributed by atoms with Gasteiger partial charge in [-0.1, -0.05) is 13.0 Å². The summed E-state index contributed by atoms with van der Waals surface area (Å²) in [5.41, 5.74) is 6.82. The third-order valence-electron chi connectivity index (χ3n) is 3.73. The number of rotatable bonds is 5. The number of nitrogens with two attached hydrogens (primary N) is 1. The maximum Gasteiger partial charge on any atom is 0.123 e. The normalized spacial score (nSPS) is 20.7. The molecule has 0 bridgehead atoms. The van der Waals surface area contributed by atoms with E-state index in [-0.39, 0.29) is 0 Å². The fourth-order valence-electron chi connectivity index (χ4n) is 2.78. The Labute approximate surface area is 110 Å². The Hall–Kier alpha value is -1.13. The van der Waals surface area contributed by atoms with Gasteiger partial charge in [-0.05, 0) is 44.6 Å². The highest BCUT2D eigenvalue weighted by Gasteiger charge is 2.23. The predicted octanol–water partition coefficient (Wildman–Crippen LogP) is 1.58. The van der Waals surface area contributed by atoms with E-state index >= 15 is 0 Å². The number of hydrogen-bond acceptors (Lipinski definition) is 4. The van der Waals surface area contributed by atoms with Crippen LogP contribution in [0.5, 0.6) is 0 Å². The molecule has 1 atom stereocenters. The van der Waals surface area contributed by atoms with Crippen molar-refractivity contribution in [3.05, 3.63) is 23.9 Å². The molecule has 1 aromatic heterocycles. The van der Waals surface area contributed by atoms with Gasteiger partial charge in [0.1, 0.15) is 5.82 Å². The SMILES string of the molecule is CCN1CCCC1CN(C)Cc1ccc(N)nc1. The summed E-state index contributed by atoms with van der Waals surface area (Å²) in [5.74, 6) is 0.592. The first-order valence-corrected chi connectivity index (χ1v) is 6.82. The Kier molecular flexibility index (Phi) is 4.55. The second-order valence-electron chi connectivity index (χ2n) is 5.21. The van der Waals surface area contributed by atoms with Crippen molar-refractivity contribution in [3.63, 3.8) is 0 Å². The number of hydrogen-bond donors (Lipinski definition) is 1. The standard InChI is InChI=1S/C14H24N4/c1-3-18-8-4-5-13(18)11-17(2)10-12-6-7-14(15)16-9-12/h6-7,9,13H,3-5,8,10-11H2,1-2H3,(H2,15,16). The van der Waals surface area contributed by atoms with Crippen LogP contribution in [-0.2, 0) is 6.54 Å². The fourth-order valence-corrected chi connectivity index (χ4v) is 2.78. The molecule has 1 saturated heterocycles. The molecule has 100 valence electrons. The summed E-state index contributed by atoms with van der Waals surface area (Å²) < 4.78 is 0. The third kappa shape index (κ3) is 3.43. The van der Waals surface area contributed by atoms with E-state index in [1.807, 2.05) is 12.3 Å². The van der Waals surface area contributed by atoms with Crippen molar-refractivity contribution in [1.82, 2.24) is 14.8 Å². The molecule has 1 fully saturated rings. The smallest absolute Gasteiger partial charge is 0.123 e. The summed E-state index contributed by atoms with van der Waals surface area (Å²) in [6.45, 7) is 6.77. The number of likely N-dealkylation sites (N-methyl/N-ethyl adjacent to an activating group) is 2. The molecule has 2 rings (SSSR count). The average Bonchev–Trinajstić information content (AvgIpc) is 2.79. The van der Waals surface area contributed by atoms with Gasteiger partial charge in [0.15, 0.2) is 0 Å². The first kappa shape index (κ1) is 13.3. The van der Waals surface area contributed by atoms with Gasteiger partial charge in [0.05, 0.1) is 0 Å². The summed E-state index contributed by atoms with van der Waals surface area (Å²) in [4.78, 5) is 9.10. The van der Waals surface area contributed by atoms with Crippen LogP contribution in [-0.4, -0.2) is 47.5 Å². The van der Waals surface area contributed by atoms with Crippen LogP contribution in [0.3, 0.4) is 0 Å². The van der Waals surface area contributed by atoms with Gasteiger partial charge < -0.3 is 10.6 Å². The van der Waals surface area contributed by atoms with Crippen molar-refractivity contribution >= 4 is 5.82 Å². The third-order valence-corrected chi connectivity index (χ3v) is 3.73. The lowest BCUT2D eigenvalue weighted by Gasteiger charge is -2.27. The number of aromatic nitrogens is 1. The molecule has 1 aromatic rings. The molecule has 0 aromatic carbocycles. The second-order valence-corrected chi connectivity index (χ2v) is 5.21. The average molecular weight is 248 g/mol. The van der Waals surface area contributed by atoms with Crippen molar-refractivity contribution in [2.75, 3.05) is 32.4 Å². The highest BCUT2D eigenvalue weighted by atomic mass is 15.2. The molecule has 0 amide bonds. The van der Waals surface area contributed by atoms with Gasteiger partial charge in [-0.15, -0.1) is 0 Å². The van der Waals surface area contributed by atoms with Crippen LogP contribution in [0, 0.1) is 0 Å². The summed E-state index contributed by atoms with van der Waals surface area (Å²) in [7, 11) is 2.18. The molecule has 1 aliphatic rings. The lowest BCUT2D eigenvalue weighted by atomic mass is 10.2. The van der Waals surface area contributed by atoms with Crippen molar-refractivity contribution < 1.29 is 0 Å². The van der Waals surface area contributed by atoms with E-state index in [2.05, 4.69) is 34.8 Å². The molecule has 0 radical (unpaired) electrons. The monoisotopic (exact) mass is 248 g/mol. The van der Waals surface area contributed by atoms with Crippen LogP contribution < -0.4 is 5.73 Å². The van der Waals surface area contributed by atoms with E-state index in [0.717, 1.165) is 19.1 Å². The number of likely N-dealkylation sites (tertiary alicyclic amines) is 1. The van der Waals surface area contributed by atoms with Crippen LogP contribution in [0.15, 0.2) is 18.3 Å².